The van der Waals surface area contributed by atoms with Gasteiger partial charge in [-0.25, -0.2) is 0 Å². The first-order valence-electron chi connectivity index (χ1n) is 5.61. The van der Waals surface area contributed by atoms with E-state index < -0.39 is 8.07 Å². The molecule has 0 saturated heterocycles. The van der Waals surface area contributed by atoms with Crippen molar-refractivity contribution in [2.45, 2.75) is 36.4 Å². The topological polar surface area (TPSA) is 0 Å². The third-order valence-electron chi connectivity index (χ3n) is 3.75. The van der Waals surface area contributed by atoms with Gasteiger partial charge in [0.05, 0.1) is 8.07 Å². The predicted molar refractivity (Wildman–Crippen MR) is 73.4 cm³/mol. The molecule has 2 heteroatoms. The Morgan fingerprint density at radius 2 is 1.80 bits per heavy atom. The summed E-state index contributed by atoms with van der Waals surface area (Å²) in [5, 5.41) is 0. The molecule has 1 aliphatic carbocycles. The van der Waals surface area contributed by atoms with Crippen LogP contribution in [-0.4, -0.2) is 18.7 Å². The molecule has 1 aromatic carbocycles. The Labute approximate surface area is 98.5 Å². The molecule has 82 valence electrons. The lowest BCUT2D eigenvalue weighted by Crippen LogP contribution is -2.39. The molecule has 0 aromatic heterocycles. The Kier molecular flexibility index (Phi) is 2.76. The number of thioether (sulfide) groups is 1. The summed E-state index contributed by atoms with van der Waals surface area (Å²) in [6.45, 7) is 7.52. The van der Waals surface area contributed by atoms with Crippen LogP contribution in [0, 0.1) is 0 Å². The SMILES string of the molecule is CS[C@]1([Si](C)(C)C)CC1c1ccccc1. The van der Waals surface area contributed by atoms with Crippen LogP contribution in [-0.2, 0) is 0 Å². The minimum Gasteiger partial charge on any atom is -0.161 e. The van der Waals surface area contributed by atoms with Crippen LogP contribution in [0.25, 0.3) is 0 Å². The van der Waals surface area contributed by atoms with Gasteiger partial charge in [0.25, 0.3) is 0 Å². The maximum atomic E-state index is 2.51. The summed E-state index contributed by atoms with van der Waals surface area (Å²) in [6.07, 6.45) is 3.69. The van der Waals surface area contributed by atoms with E-state index in [9.17, 15) is 0 Å². The lowest BCUT2D eigenvalue weighted by Gasteiger charge is -2.29. The van der Waals surface area contributed by atoms with Crippen LogP contribution in [0.2, 0.25) is 19.6 Å². The molecule has 0 N–H and O–H groups in total. The zero-order valence-corrected chi connectivity index (χ0v) is 11.9. The van der Waals surface area contributed by atoms with Crippen molar-refractivity contribution >= 4 is 19.8 Å². The normalized spacial score (nSPS) is 30.3. The van der Waals surface area contributed by atoms with E-state index in [1.165, 1.54) is 6.42 Å². The summed E-state index contributed by atoms with van der Waals surface area (Å²) in [7, 11) is -1.06. The first-order chi connectivity index (χ1) is 7.01. The lowest BCUT2D eigenvalue weighted by molar-refractivity contribution is 1.08. The smallest absolute Gasteiger partial charge is 0.0634 e. The number of benzene rings is 1. The first kappa shape index (κ1) is 11.3. The zero-order valence-electron chi connectivity index (χ0n) is 10.1. The van der Waals surface area contributed by atoms with Gasteiger partial charge in [-0.1, -0.05) is 50.0 Å². The minimum absolute atomic E-state index is 0.606. The maximum absolute atomic E-state index is 2.51. The molecule has 1 aliphatic rings. The fourth-order valence-corrected chi connectivity index (χ4v) is 7.91. The average Bonchev–Trinajstić information content (AvgIpc) is 2.94. The minimum atomic E-state index is -1.06. The van der Waals surface area contributed by atoms with Crippen molar-refractivity contribution in [2.24, 2.45) is 0 Å². The monoisotopic (exact) mass is 236 g/mol. The van der Waals surface area contributed by atoms with E-state index in [0.29, 0.717) is 4.37 Å². The molecule has 15 heavy (non-hydrogen) atoms. The van der Waals surface area contributed by atoms with E-state index in [1.54, 1.807) is 5.56 Å². The molecule has 2 atom stereocenters. The summed E-state index contributed by atoms with van der Waals surface area (Å²) < 4.78 is 0.606. The Hall–Kier alpha value is -0.213. The molecular weight excluding hydrogens is 216 g/mol. The first-order valence-corrected chi connectivity index (χ1v) is 10.3. The average molecular weight is 236 g/mol. The number of rotatable bonds is 3. The summed E-state index contributed by atoms with van der Waals surface area (Å²) in [6, 6.07) is 11.0. The number of hydrogen-bond acceptors (Lipinski definition) is 1. The third kappa shape index (κ3) is 1.78. The van der Waals surface area contributed by atoms with Crippen LogP contribution < -0.4 is 0 Å². The molecule has 0 aliphatic heterocycles. The molecule has 0 spiro atoms. The van der Waals surface area contributed by atoms with Crippen molar-refractivity contribution in [1.82, 2.24) is 0 Å². The van der Waals surface area contributed by atoms with Gasteiger partial charge >= 0.3 is 0 Å². The molecule has 0 amide bonds. The van der Waals surface area contributed by atoms with E-state index in [1.807, 2.05) is 0 Å². The fraction of sp³-hybridized carbons (Fsp3) is 0.538. The standard InChI is InChI=1S/C13H20SSi/c1-14-13(15(2,3)4)10-12(13)11-8-6-5-7-9-11/h5-9,12H,10H2,1-4H3/t12?,13-/m0/s1. The van der Waals surface area contributed by atoms with Gasteiger partial charge in [0, 0.05) is 4.37 Å². The molecule has 1 unspecified atom stereocenters. The van der Waals surface area contributed by atoms with Gasteiger partial charge in [-0.3, -0.25) is 0 Å². The van der Waals surface area contributed by atoms with Gasteiger partial charge < -0.3 is 0 Å². The molecule has 0 bridgehead atoms. The molecule has 1 aromatic rings. The van der Waals surface area contributed by atoms with Crippen LogP contribution in [0.15, 0.2) is 30.3 Å². The van der Waals surface area contributed by atoms with Crippen molar-refractivity contribution in [3.05, 3.63) is 35.9 Å². The van der Waals surface area contributed by atoms with Gasteiger partial charge in [-0.05, 0) is 24.2 Å². The second-order valence-corrected chi connectivity index (χ2v) is 12.4. The highest BCUT2D eigenvalue weighted by molar-refractivity contribution is 8.02. The Bertz CT molecular complexity index is 341. The molecule has 0 heterocycles. The molecule has 0 nitrogen and oxygen atoms in total. The third-order valence-corrected chi connectivity index (χ3v) is 10.5. The fourth-order valence-electron chi connectivity index (χ4n) is 2.68. The van der Waals surface area contributed by atoms with Crippen LogP contribution >= 0.6 is 11.8 Å². The van der Waals surface area contributed by atoms with Gasteiger partial charge in [0.2, 0.25) is 0 Å². The lowest BCUT2D eigenvalue weighted by atomic mass is 10.1. The predicted octanol–water partition coefficient (Wildman–Crippen LogP) is 4.15. The van der Waals surface area contributed by atoms with Gasteiger partial charge in [-0.2, -0.15) is 11.8 Å². The summed E-state index contributed by atoms with van der Waals surface area (Å²) in [4.78, 5) is 0. The number of hydrogen-bond donors (Lipinski definition) is 0. The van der Waals surface area contributed by atoms with Crippen molar-refractivity contribution in [2.75, 3.05) is 6.26 Å². The maximum Gasteiger partial charge on any atom is 0.0634 e. The van der Waals surface area contributed by atoms with Crippen molar-refractivity contribution in [1.29, 1.82) is 0 Å². The highest BCUT2D eigenvalue weighted by atomic mass is 32.2. The van der Waals surface area contributed by atoms with Gasteiger partial charge in [-0.15, -0.1) is 0 Å². The van der Waals surface area contributed by atoms with E-state index in [-0.39, 0.29) is 0 Å². The second kappa shape index (κ2) is 3.67. The zero-order chi connectivity index (χ0) is 11.1. The largest absolute Gasteiger partial charge is 0.161 e. The Morgan fingerprint density at radius 1 is 1.20 bits per heavy atom. The molecule has 0 radical (unpaired) electrons. The van der Waals surface area contributed by atoms with Crippen LogP contribution in [0.3, 0.4) is 0 Å². The quantitative estimate of drug-likeness (QED) is 0.710. The van der Waals surface area contributed by atoms with Crippen molar-refractivity contribution in [3.63, 3.8) is 0 Å². The van der Waals surface area contributed by atoms with E-state index in [0.717, 1.165) is 5.92 Å². The Balaban J connectivity index is 2.24. The van der Waals surface area contributed by atoms with Crippen LogP contribution in [0.4, 0.5) is 0 Å². The highest BCUT2D eigenvalue weighted by Gasteiger charge is 2.61. The van der Waals surface area contributed by atoms with Gasteiger partial charge in [0.15, 0.2) is 0 Å². The second-order valence-electron chi connectivity index (χ2n) is 5.51. The molecule has 1 saturated carbocycles. The summed E-state index contributed by atoms with van der Waals surface area (Å²) >= 11 is 2.11. The van der Waals surface area contributed by atoms with E-state index in [2.05, 4.69) is 68.0 Å². The van der Waals surface area contributed by atoms with Gasteiger partial charge in [0.1, 0.15) is 0 Å². The molecule has 1 fully saturated rings. The molecule has 2 rings (SSSR count). The van der Waals surface area contributed by atoms with E-state index >= 15 is 0 Å². The Morgan fingerprint density at radius 3 is 2.20 bits per heavy atom. The highest BCUT2D eigenvalue weighted by Crippen LogP contribution is 2.63. The van der Waals surface area contributed by atoms with Crippen molar-refractivity contribution in [3.8, 4) is 0 Å². The van der Waals surface area contributed by atoms with Crippen LogP contribution in [0.5, 0.6) is 0 Å². The van der Waals surface area contributed by atoms with Crippen LogP contribution in [0.1, 0.15) is 17.9 Å². The molecular formula is C13H20SSi. The summed E-state index contributed by atoms with van der Waals surface area (Å²) in [5.41, 5.74) is 1.55. The summed E-state index contributed by atoms with van der Waals surface area (Å²) in [5.74, 6) is 0.820. The van der Waals surface area contributed by atoms with E-state index in [4.69, 9.17) is 0 Å². The van der Waals surface area contributed by atoms with Crippen molar-refractivity contribution < 1.29 is 0 Å².